The van der Waals surface area contributed by atoms with Crippen molar-refractivity contribution in [3.63, 3.8) is 0 Å². The Morgan fingerprint density at radius 3 is 2.89 bits per heavy atom. The lowest BCUT2D eigenvalue weighted by atomic mass is 10.1. The van der Waals surface area contributed by atoms with Crippen LogP contribution in [0.1, 0.15) is 18.4 Å². The fraction of sp³-hybridized carbons (Fsp3) is 0.286. The summed E-state index contributed by atoms with van der Waals surface area (Å²) in [6.07, 6.45) is 2.53. The smallest absolute Gasteiger partial charge is 0.185 e. The standard InChI is InChI=1S/C14H13N3S/c15-9-11-4-3-5-12(8-11)13-10-18-14(16-13)17-6-1-2-7-17/h3-5,8,10H,1-2,6-7H2. The van der Waals surface area contributed by atoms with Crippen LogP contribution in [-0.4, -0.2) is 18.1 Å². The molecule has 0 aliphatic carbocycles. The first-order valence-electron chi connectivity index (χ1n) is 6.08. The number of nitrogens with zero attached hydrogens (tertiary/aromatic N) is 3. The molecule has 1 saturated heterocycles. The number of hydrogen-bond acceptors (Lipinski definition) is 4. The molecule has 1 aliphatic heterocycles. The van der Waals surface area contributed by atoms with Crippen LogP contribution in [0.15, 0.2) is 29.6 Å². The lowest BCUT2D eigenvalue weighted by Crippen LogP contribution is -2.17. The van der Waals surface area contributed by atoms with Crippen molar-refractivity contribution in [3.8, 4) is 17.3 Å². The van der Waals surface area contributed by atoms with Gasteiger partial charge in [-0.05, 0) is 25.0 Å². The second-order valence-corrected chi connectivity index (χ2v) is 5.24. The molecular formula is C14H13N3S. The molecule has 18 heavy (non-hydrogen) atoms. The number of nitriles is 1. The van der Waals surface area contributed by atoms with E-state index in [1.165, 1.54) is 12.8 Å². The summed E-state index contributed by atoms with van der Waals surface area (Å²) in [6.45, 7) is 2.23. The second kappa shape index (κ2) is 4.79. The Balaban J connectivity index is 1.90. The summed E-state index contributed by atoms with van der Waals surface area (Å²) in [4.78, 5) is 7.01. The number of thiazole rings is 1. The molecule has 2 heterocycles. The molecule has 0 amide bonds. The van der Waals surface area contributed by atoms with Crippen molar-refractivity contribution in [1.29, 1.82) is 5.26 Å². The highest BCUT2D eigenvalue weighted by Gasteiger charge is 2.16. The van der Waals surface area contributed by atoms with Gasteiger partial charge in [0.05, 0.1) is 17.3 Å². The van der Waals surface area contributed by atoms with Gasteiger partial charge < -0.3 is 4.90 Å². The average Bonchev–Trinajstić information content (AvgIpc) is 3.09. The predicted molar refractivity (Wildman–Crippen MR) is 73.7 cm³/mol. The first-order valence-corrected chi connectivity index (χ1v) is 6.96. The highest BCUT2D eigenvalue weighted by Crippen LogP contribution is 2.29. The third kappa shape index (κ3) is 2.09. The molecule has 3 rings (SSSR count). The Bertz CT molecular complexity index is 591. The molecule has 0 atom stereocenters. The van der Waals surface area contributed by atoms with E-state index in [1.54, 1.807) is 11.3 Å². The molecule has 1 aromatic carbocycles. The Morgan fingerprint density at radius 1 is 1.28 bits per heavy atom. The fourth-order valence-corrected chi connectivity index (χ4v) is 3.09. The van der Waals surface area contributed by atoms with E-state index in [4.69, 9.17) is 5.26 Å². The Kier molecular flexibility index (Phi) is 2.99. The lowest BCUT2D eigenvalue weighted by Gasteiger charge is -2.12. The van der Waals surface area contributed by atoms with Gasteiger partial charge in [0.15, 0.2) is 5.13 Å². The minimum Gasteiger partial charge on any atom is -0.348 e. The molecule has 0 bridgehead atoms. The third-order valence-electron chi connectivity index (χ3n) is 3.16. The fourth-order valence-electron chi connectivity index (χ4n) is 2.20. The van der Waals surface area contributed by atoms with Gasteiger partial charge in [0, 0.05) is 24.0 Å². The van der Waals surface area contributed by atoms with Crippen LogP contribution in [-0.2, 0) is 0 Å². The van der Waals surface area contributed by atoms with Crippen LogP contribution in [0.5, 0.6) is 0 Å². The predicted octanol–water partition coefficient (Wildman–Crippen LogP) is 3.28. The van der Waals surface area contributed by atoms with E-state index in [2.05, 4.69) is 21.3 Å². The highest BCUT2D eigenvalue weighted by molar-refractivity contribution is 7.14. The number of aromatic nitrogens is 1. The minimum atomic E-state index is 0.684. The number of anilines is 1. The van der Waals surface area contributed by atoms with Gasteiger partial charge in [0.1, 0.15) is 0 Å². The summed E-state index contributed by atoms with van der Waals surface area (Å²) in [5, 5.41) is 12.1. The van der Waals surface area contributed by atoms with Crippen molar-refractivity contribution in [1.82, 2.24) is 4.98 Å². The van der Waals surface area contributed by atoms with Crippen molar-refractivity contribution >= 4 is 16.5 Å². The second-order valence-electron chi connectivity index (χ2n) is 4.40. The van der Waals surface area contributed by atoms with Crippen LogP contribution in [0, 0.1) is 11.3 Å². The lowest BCUT2D eigenvalue weighted by molar-refractivity contribution is 0.949. The minimum absolute atomic E-state index is 0.684. The Labute approximate surface area is 110 Å². The summed E-state index contributed by atoms with van der Waals surface area (Å²) in [6, 6.07) is 9.78. The average molecular weight is 255 g/mol. The van der Waals surface area contributed by atoms with Gasteiger partial charge in [0.2, 0.25) is 0 Å². The molecule has 0 saturated carbocycles. The van der Waals surface area contributed by atoms with E-state index in [0.717, 1.165) is 29.5 Å². The number of benzene rings is 1. The molecule has 1 fully saturated rings. The molecule has 0 N–H and O–H groups in total. The molecule has 0 spiro atoms. The van der Waals surface area contributed by atoms with Gasteiger partial charge >= 0.3 is 0 Å². The summed E-state index contributed by atoms with van der Waals surface area (Å²) in [5.74, 6) is 0. The third-order valence-corrected chi connectivity index (χ3v) is 4.06. The van der Waals surface area contributed by atoms with Gasteiger partial charge in [-0.2, -0.15) is 5.26 Å². The van der Waals surface area contributed by atoms with E-state index in [1.807, 2.05) is 24.3 Å². The molecular weight excluding hydrogens is 242 g/mol. The Hall–Kier alpha value is -1.86. The molecule has 3 nitrogen and oxygen atoms in total. The first-order chi connectivity index (χ1) is 8.86. The quantitative estimate of drug-likeness (QED) is 0.826. The van der Waals surface area contributed by atoms with Crippen molar-refractivity contribution in [2.24, 2.45) is 0 Å². The van der Waals surface area contributed by atoms with Crippen molar-refractivity contribution in [3.05, 3.63) is 35.2 Å². The van der Waals surface area contributed by atoms with Crippen LogP contribution >= 0.6 is 11.3 Å². The number of rotatable bonds is 2. The van der Waals surface area contributed by atoms with Gasteiger partial charge in [0.25, 0.3) is 0 Å². The van der Waals surface area contributed by atoms with E-state index in [9.17, 15) is 0 Å². The zero-order chi connectivity index (χ0) is 12.4. The molecule has 4 heteroatoms. The maximum absolute atomic E-state index is 8.91. The monoisotopic (exact) mass is 255 g/mol. The largest absolute Gasteiger partial charge is 0.348 e. The zero-order valence-electron chi connectivity index (χ0n) is 9.97. The van der Waals surface area contributed by atoms with Crippen LogP contribution in [0.25, 0.3) is 11.3 Å². The van der Waals surface area contributed by atoms with Gasteiger partial charge in [-0.15, -0.1) is 11.3 Å². The highest BCUT2D eigenvalue weighted by atomic mass is 32.1. The molecule has 2 aromatic rings. The van der Waals surface area contributed by atoms with E-state index in [0.29, 0.717) is 5.56 Å². The van der Waals surface area contributed by atoms with Crippen LogP contribution in [0.3, 0.4) is 0 Å². The van der Waals surface area contributed by atoms with Gasteiger partial charge in [-0.25, -0.2) is 4.98 Å². The SMILES string of the molecule is N#Cc1cccc(-c2csc(N3CCCC3)n2)c1. The van der Waals surface area contributed by atoms with Crippen LogP contribution in [0.2, 0.25) is 0 Å². The maximum atomic E-state index is 8.91. The van der Waals surface area contributed by atoms with Crippen LogP contribution < -0.4 is 4.90 Å². The summed E-state index contributed by atoms with van der Waals surface area (Å²) in [5.41, 5.74) is 2.68. The van der Waals surface area contributed by atoms with E-state index in [-0.39, 0.29) is 0 Å². The van der Waals surface area contributed by atoms with Gasteiger partial charge in [-0.3, -0.25) is 0 Å². The van der Waals surface area contributed by atoms with Crippen LogP contribution in [0.4, 0.5) is 5.13 Å². The van der Waals surface area contributed by atoms with E-state index >= 15 is 0 Å². The Morgan fingerprint density at radius 2 is 2.11 bits per heavy atom. The molecule has 1 aromatic heterocycles. The maximum Gasteiger partial charge on any atom is 0.185 e. The normalized spacial score (nSPS) is 14.7. The van der Waals surface area contributed by atoms with Crippen molar-refractivity contribution in [2.45, 2.75) is 12.8 Å². The van der Waals surface area contributed by atoms with Crippen molar-refractivity contribution < 1.29 is 0 Å². The van der Waals surface area contributed by atoms with Gasteiger partial charge in [-0.1, -0.05) is 12.1 Å². The summed E-state index contributed by atoms with van der Waals surface area (Å²) < 4.78 is 0. The number of hydrogen-bond donors (Lipinski definition) is 0. The molecule has 0 unspecified atom stereocenters. The topological polar surface area (TPSA) is 39.9 Å². The molecule has 0 radical (unpaired) electrons. The summed E-state index contributed by atoms with van der Waals surface area (Å²) in [7, 11) is 0. The molecule has 1 aliphatic rings. The van der Waals surface area contributed by atoms with Crippen molar-refractivity contribution in [2.75, 3.05) is 18.0 Å². The zero-order valence-corrected chi connectivity index (χ0v) is 10.8. The summed E-state index contributed by atoms with van der Waals surface area (Å²) >= 11 is 1.69. The van der Waals surface area contributed by atoms with E-state index < -0.39 is 0 Å². The molecule has 90 valence electrons. The first kappa shape index (κ1) is 11.2.